The van der Waals surface area contributed by atoms with Crippen LogP contribution < -0.4 is 5.46 Å². The summed E-state index contributed by atoms with van der Waals surface area (Å²) in [5.74, 6) is 0. The molecule has 0 saturated heterocycles. The first-order valence-corrected chi connectivity index (χ1v) is 13.0. The summed E-state index contributed by atoms with van der Waals surface area (Å²) in [6.45, 7) is 11.1. The molecule has 0 nitrogen and oxygen atoms in total. The number of rotatable bonds is 4. The van der Waals surface area contributed by atoms with E-state index in [4.69, 9.17) is 11.6 Å². The van der Waals surface area contributed by atoms with Crippen LogP contribution >= 0.6 is 27.5 Å². The quantitative estimate of drug-likeness (QED) is 0.232. The van der Waals surface area contributed by atoms with E-state index in [1.807, 2.05) is 6.07 Å². The second kappa shape index (κ2) is 9.76. The molecule has 0 saturated carbocycles. The van der Waals surface area contributed by atoms with E-state index < -0.39 is 0 Å². The predicted molar refractivity (Wildman–Crippen MR) is 156 cm³/mol. The van der Waals surface area contributed by atoms with Crippen molar-refractivity contribution in [3.63, 3.8) is 0 Å². The third kappa shape index (κ3) is 5.34. The molecule has 0 bridgehead atoms. The third-order valence-electron chi connectivity index (χ3n) is 6.43. The van der Waals surface area contributed by atoms with Crippen LogP contribution in [0.15, 0.2) is 77.3 Å². The molecule has 0 aliphatic rings. The molecule has 34 heavy (non-hydrogen) atoms. The van der Waals surface area contributed by atoms with Crippen molar-refractivity contribution in [3.8, 4) is 33.4 Å². The van der Waals surface area contributed by atoms with Crippen molar-refractivity contribution in [2.24, 2.45) is 5.41 Å². The fourth-order valence-corrected chi connectivity index (χ4v) is 5.26. The van der Waals surface area contributed by atoms with Crippen LogP contribution in [-0.4, -0.2) is 7.85 Å². The fourth-order valence-electron chi connectivity index (χ4n) is 4.54. The van der Waals surface area contributed by atoms with Crippen LogP contribution in [-0.2, 0) is 6.42 Å². The molecule has 4 rings (SSSR count). The highest BCUT2D eigenvalue weighted by Gasteiger charge is 2.16. The van der Waals surface area contributed by atoms with Crippen LogP contribution in [0.25, 0.3) is 33.4 Å². The molecular formula is C31H31BBrCl. The minimum absolute atomic E-state index is 0.212. The maximum absolute atomic E-state index is 6.80. The molecule has 0 heterocycles. The largest absolute Gasteiger partial charge is 0.140 e. The molecule has 0 aliphatic carbocycles. The molecule has 3 heteroatoms. The Balaban J connectivity index is 1.98. The van der Waals surface area contributed by atoms with E-state index in [-0.39, 0.29) is 5.41 Å². The average molecular weight is 530 g/mol. The van der Waals surface area contributed by atoms with Crippen LogP contribution in [0, 0.1) is 19.3 Å². The minimum Gasteiger partial charge on any atom is -0.0837 e. The summed E-state index contributed by atoms with van der Waals surface area (Å²) in [5.41, 5.74) is 12.4. The van der Waals surface area contributed by atoms with E-state index >= 15 is 0 Å². The standard InChI is InChI=1S/C31H31BBrCl/c1-19-8-6-10-25(29(19)32)22-15-23(26-11-7-9-20(2)30(26)33)17-24(16-22)27-14-21(12-13-28(27)34)18-31(3,4)5/h6-17H,18,32H2,1-5H3. The molecular weight excluding hydrogens is 499 g/mol. The van der Waals surface area contributed by atoms with Gasteiger partial charge in [-0.2, -0.15) is 0 Å². The number of hydrogen-bond acceptors (Lipinski definition) is 0. The van der Waals surface area contributed by atoms with Gasteiger partial charge in [-0.05, 0) is 111 Å². The van der Waals surface area contributed by atoms with E-state index in [1.165, 1.54) is 44.4 Å². The van der Waals surface area contributed by atoms with Crippen LogP contribution in [0.2, 0.25) is 5.02 Å². The Labute approximate surface area is 218 Å². The second-order valence-corrected chi connectivity index (χ2v) is 11.7. The lowest BCUT2D eigenvalue weighted by Gasteiger charge is -2.20. The lowest BCUT2D eigenvalue weighted by atomic mass is 9.82. The van der Waals surface area contributed by atoms with E-state index in [9.17, 15) is 0 Å². The van der Waals surface area contributed by atoms with E-state index in [2.05, 4.69) is 125 Å². The lowest BCUT2D eigenvalue weighted by molar-refractivity contribution is 0.411. The Morgan fingerprint density at radius 1 is 0.735 bits per heavy atom. The molecule has 0 radical (unpaired) electrons. The van der Waals surface area contributed by atoms with Crippen LogP contribution in [0.3, 0.4) is 0 Å². The topological polar surface area (TPSA) is 0 Å². The molecule has 0 N–H and O–H groups in total. The molecule has 0 atom stereocenters. The van der Waals surface area contributed by atoms with E-state index in [0.29, 0.717) is 0 Å². The Morgan fingerprint density at radius 3 is 1.94 bits per heavy atom. The number of aryl methyl sites for hydroxylation is 2. The summed E-state index contributed by atoms with van der Waals surface area (Å²) in [5, 5.41) is 0.782. The van der Waals surface area contributed by atoms with Crippen molar-refractivity contribution in [2.75, 3.05) is 0 Å². The van der Waals surface area contributed by atoms with Crippen molar-refractivity contribution in [1.29, 1.82) is 0 Å². The zero-order chi connectivity index (χ0) is 24.6. The third-order valence-corrected chi connectivity index (χ3v) is 7.81. The summed E-state index contributed by atoms with van der Waals surface area (Å²) in [7, 11) is 2.20. The van der Waals surface area contributed by atoms with Gasteiger partial charge in [0.25, 0.3) is 0 Å². The SMILES string of the molecule is Bc1c(C)cccc1-c1cc(-c2cc(CC(C)(C)C)ccc2Cl)cc(-c2cccc(C)c2Br)c1. The van der Waals surface area contributed by atoms with Gasteiger partial charge in [0.1, 0.15) is 7.85 Å². The molecule has 0 fully saturated rings. The summed E-state index contributed by atoms with van der Waals surface area (Å²) in [6.07, 6.45) is 1.00. The smallest absolute Gasteiger partial charge is 0.0837 e. The molecule has 0 spiro atoms. The first-order chi connectivity index (χ1) is 16.0. The maximum atomic E-state index is 6.80. The number of halogens is 2. The highest BCUT2D eigenvalue weighted by atomic mass is 79.9. The van der Waals surface area contributed by atoms with Gasteiger partial charge < -0.3 is 0 Å². The summed E-state index contributed by atoms with van der Waals surface area (Å²) < 4.78 is 1.13. The Hall–Kier alpha value is -2.29. The summed E-state index contributed by atoms with van der Waals surface area (Å²) in [4.78, 5) is 0. The van der Waals surface area contributed by atoms with Gasteiger partial charge >= 0.3 is 0 Å². The fraction of sp³-hybridized carbons (Fsp3) is 0.226. The molecule has 0 unspecified atom stereocenters. The predicted octanol–water partition coefficient (Wildman–Crippen LogP) is 8.57. The van der Waals surface area contributed by atoms with Gasteiger partial charge in [0, 0.05) is 15.1 Å². The van der Waals surface area contributed by atoms with Crippen molar-refractivity contribution < 1.29 is 0 Å². The van der Waals surface area contributed by atoms with Gasteiger partial charge in [0.15, 0.2) is 0 Å². The van der Waals surface area contributed by atoms with Crippen LogP contribution in [0.4, 0.5) is 0 Å². The molecule has 4 aromatic rings. The van der Waals surface area contributed by atoms with E-state index in [0.717, 1.165) is 27.0 Å². The Kier molecular flexibility index (Phi) is 7.13. The molecule has 4 aromatic carbocycles. The monoisotopic (exact) mass is 528 g/mol. The van der Waals surface area contributed by atoms with Crippen LogP contribution in [0.5, 0.6) is 0 Å². The van der Waals surface area contributed by atoms with Gasteiger partial charge in [-0.15, -0.1) is 0 Å². The van der Waals surface area contributed by atoms with E-state index in [1.54, 1.807) is 0 Å². The Morgan fingerprint density at radius 2 is 1.29 bits per heavy atom. The highest BCUT2D eigenvalue weighted by molar-refractivity contribution is 9.10. The summed E-state index contributed by atoms with van der Waals surface area (Å²) in [6, 6.07) is 26.3. The van der Waals surface area contributed by atoms with Gasteiger partial charge in [-0.1, -0.05) is 85.9 Å². The first kappa shape index (κ1) is 24.8. The van der Waals surface area contributed by atoms with Crippen LogP contribution in [0.1, 0.15) is 37.5 Å². The van der Waals surface area contributed by atoms with Crippen molar-refractivity contribution in [2.45, 2.75) is 41.0 Å². The second-order valence-electron chi connectivity index (χ2n) is 10.5. The first-order valence-electron chi connectivity index (χ1n) is 11.8. The highest BCUT2D eigenvalue weighted by Crippen LogP contribution is 2.39. The van der Waals surface area contributed by atoms with Crippen molar-refractivity contribution in [1.82, 2.24) is 0 Å². The van der Waals surface area contributed by atoms with Crippen molar-refractivity contribution >= 4 is 40.8 Å². The maximum Gasteiger partial charge on any atom is 0.140 e. The zero-order valence-electron chi connectivity index (χ0n) is 20.9. The molecule has 0 aromatic heterocycles. The number of hydrogen-bond donors (Lipinski definition) is 0. The summed E-state index contributed by atoms with van der Waals surface area (Å²) >= 11 is 10.6. The van der Waals surface area contributed by atoms with Gasteiger partial charge in [-0.3, -0.25) is 0 Å². The van der Waals surface area contributed by atoms with Crippen molar-refractivity contribution in [3.05, 3.63) is 99.0 Å². The molecule has 0 aliphatic heterocycles. The molecule has 0 amide bonds. The van der Waals surface area contributed by atoms with Gasteiger partial charge in [0.2, 0.25) is 0 Å². The Bertz CT molecular complexity index is 1290. The average Bonchev–Trinajstić information content (AvgIpc) is 2.77. The zero-order valence-corrected chi connectivity index (χ0v) is 23.2. The van der Waals surface area contributed by atoms with Gasteiger partial charge in [-0.25, -0.2) is 0 Å². The minimum atomic E-state index is 0.212. The molecule has 172 valence electrons. The lowest BCUT2D eigenvalue weighted by Crippen LogP contribution is -2.10. The number of benzene rings is 4. The normalized spacial score (nSPS) is 11.6. The van der Waals surface area contributed by atoms with Gasteiger partial charge in [0.05, 0.1) is 0 Å².